The molecule has 1 rings (SSSR count). The van der Waals surface area contributed by atoms with Gasteiger partial charge in [0, 0.05) is 31.7 Å². The van der Waals surface area contributed by atoms with Gasteiger partial charge in [-0.3, -0.25) is 9.79 Å². The molecule has 1 heterocycles. The van der Waals surface area contributed by atoms with Crippen molar-refractivity contribution in [2.75, 3.05) is 46.6 Å². The van der Waals surface area contributed by atoms with Gasteiger partial charge in [-0.2, -0.15) is 0 Å². The average Bonchev–Trinajstić information content (AvgIpc) is 2.98. The van der Waals surface area contributed by atoms with Gasteiger partial charge in [-0.05, 0) is 19.8 Å². The zero-order chi connectivity index (χ0) is 16.4. The topological polar surface area (TPSA) is 92.2 Å². The summed E-state index contributed by atoms with van der Waals surface area (Å²) in [5, 5.41) is 15.6. The van der Waals surface area contributed by atoms with Crippen LogP contribution in [0.5, 0.6) is 0 Å². The van der Waals surface area contributed by atoms with E-state index in [9.17, 15) is 9.90 Å². The van der Waals surface area contributed by atoms with E-state index in [0.29, 0.717) is 32.1 Å². The summed E-state index contributed by atoms with van der Waals surface area (Å²) in [6.45, 7) is 7.08. The molecule has 2 unspecified atom stereocenters. The van der Waals surface area contributed by atoms with E-state index in [1.165, 1.54) is 7.11 Å². The van der Waals surface area contributed by atoms with Gasteiger partial charge in [0.1, 0.15) is 0 Å². The zero-order valence-electron chi connectivity index (χ0n) is 14.3. The highest BCUT2D eigenvalue weighted by Gasteiger charge is 2.34. The van der Waals surface area contributed by atoms with Gasteiger partial charge in [0.2, 0.25) is 0 Å². The molecule has 0 saturated carbocycles. The minimum absolute atomic E-state index is 0. The van der Waals surface area contributed by atoms with Crippen molar-refractivity contribution in [3.63, 3.8) is 0 Å². The number of hydrogen-bond acceptors (Lipinski definition) is 5. The molecule has 1 aliphatic heterocycles. The number of nitrogens with zero attached hydrogens (tertiary/aromatic N) is 1. The number of halogens is 1. The number of aliphatic imine (C=N–C) groups is 1. The van der Waals surface area contributed by atoms with Crippen molar-refractivity contribution in [1.29, 1.82) is 0 Å². The molecule has 0 aromatic heterocycles. The summed E-state index contributed by atoms with van der Waals surface area (Å²) in [6, 6.07) is 0. The van der Waals surface area contributed by atoms with Crippen LogP contribution in [0, 0.1) is 11.3 Å². The third-order valence-corrected chi connectivity index (χ3v) is 3.92. The smallest absolute Gasteiger partial charge is 0.310 e. The number of aliphatic hydroxyl groups excluding tert-OH is 1. The van der Waals surface area contributed by atoms with Crippen LogP contribution in [0.3, 0.4) is 0 Å². The van der Waals surface area contributed by atoms with Crippen molar-refractivity contribution in [2.24, 2.45) is 16.3 Å². The van der Waals surface area contributed by atoms with Gasteiger partial charge < -0.3 is 25.2 Å². The van der Waals surface area contributed by atoms with Gasteiger partial charge in [0.25, 0.3) is 0 Å². The van der Waals surface area contributed by atoms with Crippen molar-refractivity contribution in [2.45, 2.75) is 26.7 Å². The SMILES string of the molecule is CCNC(=NCC1(CCO)CCOC1)NCC(C)C(=O)OC.I. The van der Waals surface area contributed by atoms with E-state index in [1.807, 2.05) is 6.92 Å². The lowest BCUT2D eigenvalue weighted by Gasteiger charge is -2.25. The quantitative estimate of drug-likeness (QED) is 0.222. The van der Waals surface area contributed by atoms with Crippen molar-refractivity contribution >= 4 is 35.9 Å². The Bertz CT molecular complexity index is 374. The van der Waals surface area contributed by atoms with Gasteiger partial charge in [0.15, 0.2) is 5.96 Å². The second-order valence-corrected chi connectivity index (χ2v) is 5.78. The van der Waals surface area contributed by atoms with Crippen LogP contribution in [0.1, 0.15) is 26.7 Å². The molecule has 0 aromatic carbocycles. The monoisotopic (exact) mass is 443 g/mol. The van der Waals surface area contributed by atoms with E-state index >= 15 is 0 Å². The third kappa shape index (κ3) is 7.67. The molecule has 2 atom stereocenters. The van der Waals surface area contributed by atoms with E-state index in [-0.39, 0.29) is 47.9 Å². The first kappa shape index (κ1) is 22.4. The van der Waals surface area contributed by atoms with Crippen LogP contribution in [0.25, 0.3) is 0 Å². The Balaban J connectivity index is 0.00000484. The molecule has 0 bridgehead atoms. The van der Waals surface area contributed by atoms with Crippen molar-refractivity contribution < 1.29 is 19.4 Å². The predicted molar refractivity (Wildman–Crippen MR) is 100 cm³/mol. The van der Waals surface area contributed by atoms with Crippen LogP contribution in [0.15, 0.2) is 4.99 Å². The van der Waals surface area contributed by atoms with Gasteiger partial charge in [-0.15, -0.1) is 24.0 Å². The summed E-state index contributed by atoms with van der Waals surface area (Å²) in [4.78, 5) is 16.0. The number of nitrogens with one attached hydrogen (secondary N) is 2. The molecule has 0 amide bonds. The molecular weight excluding hydrogens is 413 g/mol. The highest BCUT2D eigenvalue weighted by Crippen LogP contribution is 2.32. The Hall–Kier alpha value is -0.610. The van der Waals surface area contributed by atoms with Gasteiger partial charge in [0.05, 0.1) is 26.2 Å². The first-order valence-electron chi connectivity index (χ1n) is 7.85. The van der Waals surface area contributed by atoms with Crippen molar-refractivity contribution in [3.8, 4) is 0 Å². The summed E-state index contributed by atoms with van der Waals surface area (Å²) in [5.74, 6) is 0.182. The molecular formula is C15H30IN3O4. The maximum absolute atomic E-state index is 11.4. The minimum atomic E-state index is -0.246. The molecule has 0 spiro atoms. The standard InChI is InChI=1S/C15H29N3O4.HI/c1-4-16-14(17-9-12(2)13(20)21-3)18-10-15(5-7-19)6-8-22-11-15;/h12,19H,4-11H2,1-3H3,(H2,16,17,18);1H. The van der Waals surface area contributed by atoms with Crippen LogP contribution >= 0.6 is 24.0 Å². The predicted octanol–water partition coefficient (Wildman–Crippen LogP) is 0.758. The highest BCUT2D eigenvalue weighted by molar-refractivity contribution is 14.0. The molecule has 1 fully saturated rings. The number of aliphatic hydroxyl groups is 1. The largest absolute Gasteiger partial charge is 0.469 e. The van der Waals surface area contributed by atoms with Gasteiger partial charge in [-0.25, -0.2) is 0 Å². The summed E-state index contributed by atoms with van der Waals surface area (Å²) in [5.41, 5.74) is -0.0783. The fourth-order valence-electron chi connectivity index (χ4n) is 2.41. The zero-order valence-corrected chi connectivity index (χ0v) is 16.6. The molecule has 0 radical (unpaired) electrons. The molecule has 136 valence electrons. The first-order valence-corrected chi connectivity index (χ1v) is 7.85. The van der Waals surface area contributed by atoms with Crippen LogP contribution in [-0.2, 0) is 14.3 Å². The third-order valence-electron chi connectivity index (χ3n) is 3.92. The molecule has 0 aromatic rings. The number of methoxy groups -OCH3 is 1. The molecule has 8 heteroatoms. The second-order valence-electron chi connectivity index (χ2n) is 5.78. The van der Waals surface area contributed by atoms with Crippen LogP contribution in [0.2, 0.25) is 0 Å². The van der Waals surface area contributed by atoms with E-state index in [0.717, 1.165) is 19.6 Å². The maximum Gasteiger partial charge on any atom is 0.310 e. The minimum Gasteiger partial charge on any atom is -0.469 e. The summed E-state index contributed by atoms with van der Waals surface area (Å²) in [7, 11) is 1.39. The normalized spacial score (nSPS) is 22.2. The number of rotatable bonds is 8. The average molecular weight is 443 g/mol. The summed E-state index contributed by atoms with van der Waals surface area (Å²) in [6.07, 6.45) is 1.60. The van der Waals surface area contributed by atoms with Crippen LogP contribution in [-0.4, -0.2) is 63.6 Å². The Kier molecular flexibility index (Phi) is 11.5. The molecule has 1 aliphatic rings. The van der Waals surface area contributed by atoms with Crippen molar-refractivity contribution in [3.05, 3.63) is 0 Å². The lowest BCUT2D eigenvalue weighted by Crippen LogP contribution is -2.41. The van der Waals surface area contributed by atoms with E-state index in [1.54, 1.807) is 6.92 Å². The van der Waals surface area contributed by atoms with E-state index in [4.69, 9.17) is 9.47 Å². The summed E-state index contributed by atoms with van der Waals surface area (Å²) < 4.78 is 10.2. The molecule has 23 heavy (non-hydrogen) atoms. The summed E-state index contributed by atoms with van der Waals surface area (Å²) >= 11 is 0. The Morgan fingerprint density at radius 1 is 1.48 bits per heavy atom. The highest BCUT2D eigenvalue weighted by atomic mass is 127. The lowest BCUT2D eigenvalue weighted by molar-refractivity contribution is -0.144. The Morgan fingerprint density at radius 3 is 2.74 bits per heavy atom. The van der Waals surface area contributed by atoms with Crippen LogP contribution < -0.4 is 10.6 Å². The number of carbonyl (C=O) groups is 1. The molecule has 7 nitrogen and oxygen atoms in total. The fraction of sp³-hybridized carbons (Fsp3) is 0.867. The number of carbonyl (C=O) groups excluding carboxylic acids is 1. The molecule has 0 aliphatic carbocycles. The van der Waals surface area contributed by atoms with E-state index in [2.05, 4.69) is 15.6 Å². The lowest BCUT2D eigenvalue weighted by atomic mass is 9.84. The van der Waals surface area contributed by atoms with Gasteiger partial charge >= 0.3 is 5.97 Å². The number of esters is 1. The Morgan fingerprint density at radius 2 is 2.22 bits per heavy atom. The Labute approximate surface area is 155 Å². The first-order chi connectivity index (χ1) is 10.6. The maximum atomic E-state index is 11.4. The number of ether oxygens (including phenoxy) is 2. The van der Waals surface area contributed by atoms with Gasteiger partial charge in [-0.1, -0.05) is 6.92 Å². The number of hydrogen-bond donors (Lipinski definition) is 3. The van der Waals surface area contributed by atoms with Crippen molar-refractivity contribution in [1.82, 2.24) is 10.6 Å². The second kappa shape index (κ2) is 11.9. The molecule has 3 N–H and O–H groups in total. The van der Waals surface area contributed by atoms with E-state index < -0.39 is 0 Å². The fourth-order valence-corrected chi connectivity index (χ4v) is 2.41. The number of guanidine groups is 1. The molecule has 1 saturated heterocycles. The van der Waals surface area contributed by atoms with Crippen LogP contribution in [0.4, 0.5) is 0 Å².